The largest absolute Gasteiger partial charge is 0.363 e. The summed E-state index contributed by atoms with van der Waals surface area (Å²) in [5.41, 5.74) is 0. The van der Waals surface area contributed by atoms with E-state index in [1.54, 1.807) is 6.07 Å². The fraction of sp³-hybridized carbons (Fsp3) is 0.286. The maximum atomic E-state index is 7.15. The van der Waals surface area contributed by atoms with E-state index in [2.05, 4.69) is 4.98 Å². The van der Waals surface area contributed by atoms with Crippen LogP contribution in [0.3, 0.4) is 0 Å². The van der Waals surface area contributed by atoms with Crippen LogP contribution >= 0.6 is 0 Å². The van der Waals surface area contributed by atoms with Crippen molar-refractivity contribution in [2.75, 3.05) is 19.0 Å². The molecule has 0 bridgehead atoms. The fourth-order valence-corrected chi connectivity index (χ4v) is 0.577. The summed E-state index contributed by atoms with van der Waals surface area (Å²) in [4.78, 5) is 5.92. The molecule has 2 heteroatoms. The van der Waals surface area contributed by atoms with Crippen molar-refractivity contribution >= 4 is 5.82 Å². The second-order valence-corrected chi connectivity index (χ2v) is 2.01. The molecule has 1 aromatic heterocycles. The molecule has 0 aliphatic carbocycles. The van der Waals surface area contributed by atoms with Gasteiger partial charge < -0.3 is 4.90 Å². The Morgan fingerprint density at radius 3 is 2.89 bits per heavy atom. The van der Waals surface area contributed by atoms with Crippen LogP contribution in [-0.4, -0.2) is 19.1 Å². The Hall–Kier alpha value is -1.05. The summed E-state index contributed by atoms with van der Waals surface area (Å²) in [5, 5.41) is 0. The Labute approximate surface area is 56.5 Å². The van der Waals surface area contributed by atoms with Gasteiger partial charge in [-0.25, -0.2) is 4.98 Å². The average molecular weight is 123 g/mol. The molecule has 0 N–H and O–H groups in total. The van der Waals surface area contributed by atoms with Crippen molar-refractivity contribution in [3.63, 3.8) is 0 Å². The molecule has 1 heterocycles. The lowest BCUT2D eigenvalue weighted by molar-refractivity contribution is 1.07. The number of hydrogen-bond donors (Lipinski definition) is 0. The SMILES string of the molecule is [2H]c1ccc(N(C)C)nc1. The molecular formula is C7H10N2. The molecule has 48 valence electrons. The molecule has 1 rings (SSSR count). The van der Waals surface area contributed by atoms with E-state index in [4.69, 9.17) is 1.37 Å². The van der Waals surface area contributed by atoms with Crippen LogP contribution in [0.1, 0.15) is 1.37 Å². The highest BCUT2D eigenvalue weighted by atomic mass is 15.1. The lowest BCUT2D eigenvalue weighted by Gasteiger charge is -2.08. The van der Waals surface area contributed by atoms with E-state index in [0.29, 0.717) is 6.04 Å². The molecule has 0 atom stereocenters. The third kappa shape index (κ3) is 1.42. The zero-order valence-electron chi connectivity index (χ0n) is 6.63. The van der Waals surface area contributed by atoms with Crippen molar-refractivity contribution < 1.29 is 1.37 Å². The van der Waals surface area contributed by atoms with Crippen LogP contribution in [0.5, 0.6) is 0 Å². The summed E-state index contributed by atoms with van der Waals surface area (Å²) in [5.74, 6) is 0.885. The monoisotopic (exact) mass is 123 g/mol. The van der Waals surface area contributed by atoms with Crippen molar-refractivity contribution in [1.82, 2.24) is 4.98 Å². The highest BCUT2D eigenvalue weighted by Gasteiger charge is 1.89. The van der Waals surface area contributed by atoms with E-state index in [1.165, 1.54) is 6.20 Å². The predicted molar refractivity (Wildman–Crippen MR) is 38.6 cm³/mol. The predicted octanol–water partition coefficient (Wildman–Crippen LogP) is 1.15. The summed E-state index contributed by atoms with van der Waals surface area (Å²) in [6.45, 7) is 0. The first kappa shape index (κ1) is 4.79. The first-order valence-electron chi connectivity index (χ1n) is 3.30. The van der Waals surface area contributed by atoms with Gasteiger partial charge >= 0.3 is 0 Å². The Bertz CT molecular complexity index is 205. The van der Waals surface area contributed by atoms with Crippen LogP contribution in [0.4, 0.5) is 5.82 Å². The molecule has 9 heavy (non-hydrogen) atoms. The molecule has 0 aliphatic heterocycles. The molecular weight excluding hydrogens is 112 g/mol. The highest BCUT2D eigenvalue weighted by Crippen LogP contribution is 2.02. The van der Waals surface area contributed by atoms with Gasteiger partial charge in [0.1, 0.15) is 5.82 Å². The third-order valence-corrected chi connectivity index (χ3v) is 1.06. The second-order valence-electron chi connectivity index (χ2n) is 2.01. The van der Waals surface area contributed by atoms with Crippen molar-refractivity contribution in [3.8, 4) is 0 Å². The van der Waals surface area contributed by atoms with Crippen molar-refractivity contribution in [1.29, 1.82) is 0 Å². The molecule has 0 radical (unpaired) electrons. The minimum atomic E-state index is 0.450. The van der Waals surface area contributed by atoms with Crippen molar-refractivity contribution in [2.45, 2.75) is 0 Å². The zero-order chi connectivity index (χ0) is 7.56. The molecule has 2 nitrogen and oxygen atoms in total. The van der Waals surface area contributed by atoms with Crippen molar-refractivity contribution in [2.24, 2.45) is 0 Å². The quantitative estimate of drug-likeness (QED) is 0.557. The van der Waals surface area contributed by atoms with Crippen LogP contribution in [0.2, 0.25) is 0 Å². The van der Waals surface area contributed by atoms with Crippen LogP contribution in [0, 0.1) is 0 Å². The minimum absolute atomic E-state index is 0.450. The fourth-order valence-electron chi connectivity index (χ4n) is 0.577. The molecule has 0 amide bonds. The number of hydrogen-bond acceptors (Lipinski definition) is 2. The van der Waals surface area contributed by atoms with E-state index in [1.807, 2.05) is 25.1 Å². The molecule has 0 fully saturated rings. The first-order valence-corrected chi connectivity index (χ1v) is 2.80. The van der Waals surface area contributed by atoms with Crippen molar-refractivity contribution in [3.05, 3.63) is 24.4 Å². The van der Waals surface area contributed by atoms with Gasteiger partial charge in [-0.2, -0.15) is 0 Å². The summed E-state index contributed by atoms with van der Waals surface area (Å²) in [7, 11) is 3.85. The van der Waals surface area contributed by atoms with Gasteiger partial charge in [-0.3, -0.25) is 0 Å². The molecule has 0 aromatic carbocycles. The van der Waals surface area contributed by atoms with Crippen LogP contribution in [0.25, 0.3) is 0 Å². The van der Waals surface area contributed by atoms with E-state index in [9.17, 15) is 0 Å². The number of pyridine rings is 1. The highest BCUT2D eigenvalue weighted by molar-refractivity contribution is 5.34. The smallest absolute Gasteiger partial charge is 0.127 e. The van der Waals surface area contributed by atoms with E-state index < -0.39 is 0 Å². The zero-order valence-corrected chi connectivity index (χ0v) is 5.63. The topological polar surface area (TPSA) is 16.1 Å². The van der Waals surface area contributed by atoms with Gasteiger partial charge in [0.05, 0.1) is 1.37 Å². The Morgan fingerprint density at radius 1 is 1.67 bits per heavy atom. The molecule has 0 spiro atoms. The molecule has 0 unspecified atom stereocenters. The lowest BCUT2D eigenvalue weighted by atomic mass is 10.4. The van der Waals surface area contributed by atoms with Gasteiger partial charge in [0.25, 0.3) is 0 Å². The first-order chi connectivity index (χ1) is 4.70. The van der Waals surface area contributed by atoms with Gasteiger partial charge in [0.15, 0.2) is 0 Å². The Balaban J connectivity index is 2.89. The van der Waals surface area contributed by atoms with Gasteiger partial charge in [-0.1, -0.05) is 6.07 Å². The van der Waals surface area contributed by atoms with Crippen LogP contribution in [-0.2, 0) is 0 Å². The molecule has 1 aromatic rings. The summed E-state index contributed by atoms with van der Waals surface area (Å²) >= 11 is 0. The molecule has 0 saturated carbocycles. The Morgan fingerprint density at radius 2 is 2.44 bits per heavy atom. The maximum absolute atomic E-state index is 7.15. The van der Waals surface area contributed by atoms with E-state index in [-0.39, 0.29) is 0 Å². The van der Waals surface area contributed by atoms with Gasteiger partial charge in [0, 0.05) is 20.3 Å². The van der Waals surface area contributed by atoms with E-state index in [0.717, 1.165) is 5.82 Å². The Kier molecular flexibility index (Phi) is 1.32. The summed E-state index contributed by atoms with van der Waals surface area (Å²) in [6, 6.07) is 4.00. The minimum Gasteiger partial charge on any atom is -0.363 e. The lowest BCUT2D eigenvalue weighted by Crippen LogP contribution is -2.09. The number of rotatable bonds is 1. The standard InChI is InChI=1S/C7H10N2/c1-9(2)7-5-3-4-6-8-7/h3-6H,1-2H3/i4D. The van der Waals surface area contributed by atoms with Crippen LogP contribution < -0.4 is 4.90 Å². The average Bonchev–Trinajstić information content (AvgIpc) is 1.88. The van der Waals surface area contributed by atoms with Gasteiger partial charge in [-0.05, 0) is 12.1 Å². The van der Waals surface area contributed by atoms with Crippen LogP contribution in [0.15, 0.2) is 24.4 Å². The second kappa shape index (κ2) is 2.49. The summed E-state index contributed by atoms with van der Waals surface area (Å²) < 4.78 is 7.15. The normalized spacial score (nSPS) is 10.7. The van der Waals surface area contributed by atoms with E-state index >= 15 is 0 Å². The molecule has 0 aliphatic rings. The molecule has 0 saturated heterocycles. The third-order valence-electron chi connectivity index (χ3n) is 1.06. The number of aromatic nitrogens is 1. The maximum Gasteiger partial charge on any atom is 0.127 e. The summed E-state index contributed by atoms with van der Waals surface area (Å²) in [6.07, 6.45) is 1.54. The van der Waals surface area contributed by atoms with Gasteiger partial charge in [0.2, 0.25) is 0 Å². The number of anilines is 1. The van der Waals surface area contributed by atoms with Gasteiger partial charge in [-0.15, -0.1) is 0 Å². The number of nitrogens with zero attached hydrogens (tertiary/aromatic N) is 2.